The van der Waals surface area contributed by atoms with Gasteiger partial charge in [-0.25, -0.2) is 0 Å². The van der Waals surface area contributed by atoms with Crippen molar-refractivity contribution in [2.45, 2.75) is 13.8 Å². The zero-order valence-corrected chi connectivity index (χ0v) is 9.19. The molecule has 0 saturated carbocycles. The highest BCUT2D eigenvalue weighted by molar-refractivity contribution is 14.1. The Balaban J connectivity index is 3.34. The average Bonchev–Trinajstić information content (AvgIpc) is 1.93. The Morgan fingerprint density at radius 2 is 1.80 bits per heavy atom. The van der Waals surface area contributed by atoms with Gasteiger partial charge in [0.25, 0.3) is 0 Å². The Hall–Kier alpha value is 0.167. The summed E-state index contributed by atoms with van der Waals surface area (Å²) in [6.45, 7) is 4.26. The van der Waals surface area contributed by atoms with Crippen molar-refractivity contribution in [3.05, 3.63) is 26.8 Å². The number of halogens is 1. The molecular formula is C8H8ISi. The van der Waals surface area contributed by atoms with Crippen LogP contribution in [-0.2, 0) is 0 Å². The number of hydrogen-bond donors (Lipinski definition) is 0. The van der Waals surface area contributed by atoms with E-state index in [0.29, 0.717) is 0 Å². The second-order valence-electron chi connectivity index (χ2n) is 2.34. The summed E-state index contributed by atoms with van der Waals surface area (Å²) in [7, 11) is 3.53. The second kappa shape index (κ2) is 3.05. The Morgan fingerprint density at radius 3 is 2.30 bits per heavy atom. The summed E-state index contributed by atoms with van der Waals surface area (Å²) >= 11 is 2.35. The molecule has 1 aromatic carbocycles. The van der Waals surface area contributed by atoms with Crippen molar-refractivity contribution in [2.75, 3.05) is 0 Å². The SMILES string of the molecule is Cc1c([Si])ccc(I)c1C. The van der Waals surface area contributed by atoms with E-state index in [1.807, 2.05) is 0 Å². The summed E-state index contributed by atoms with van der Waals surface area (Å²) in [5, 5.41) is 1.19. The molecule has 0 aromatic heterocycles. The summed E-state index contributed by atoms with van der Waals surface area (Å²) in [6, 6.07) is 4.20. The van der Waals surface area contributed by atoms with E-state index < -0.39 is 0 Å². The number of hydrogen-bond acceptors (Lipinski definition) is 0. The highest BCUT2D eigenvalue weighted by Crippen LogP contribution is 2.12. The van der Waals surface area contributed by atoms with Gasteiger partial charge >= 0.3 is 0 Å². The maximum atomic E-state index is 3.53. The lowest BCUT2D eigenvalue weighted by Gasteiger charge is -2.04. The molecule has 0 N–H and O–H groups in total. The number of benzene rings is 1. The molecule has 10 heavy (non-hydrogen) atoms. The fourth-order valence-corrected chi connectivity index (χ4v) is 1.64. The van der Waals surface area contributed by atoms with Crippen molar-refractivity contribution >= 4 is 38.0 Å². The van der Waals surface area contributed by atoms with Crippen LogP contribution in [0.3, 0.4) is 0 Å². The maximum absolute atomic E-state index is 3.53. The molecule has 1 aromatic rings. The smallest absolute Gasteiger partial charge is 0.0642 e. The minimum atomic E-state index is 1.19. The quantitative estimate of drug-likeness (QED) is 0.491. The molecule has 0 aliphatic carbocycles. The van der Waals surface area contributed by atoms with Gasteiger partial charge in [0, 0.05) is 3.57 Å². The molecule has 0 unspecified atom stereocenters. The third-order valence-electron chi connectivity index (χ3n) is 1.72. The first kappa shape index (κ1) is 8.27. The van der Waals surface area contributed by atoms with Gasteiger partial charge in [-0.05, 0) is 53.6 Å². The minimum Gasteiger partial charge on any atom is -0.0642 e. The zero-order chi connectivity index (χ0) is 7.72. The molecule has 0 saturated heterocycles. The lowest BCUT2D eigenvalue weighted by atomic mass is 10.1. The van der Waals surface area contributed by atoms with Crippen LogP contribution in [0.1, 0.15) is 11.1 Å². The van der Waals surface area contributed by atoms with E-state index in [0.717, 1.165) is 0 Å². The third-order valence-corrected chi connectivity index (χ3v) is 3.43. The van der Waals surface area contributed by atoms with E-state index in [1.165, 1.54) is 19.9 Å². The van der Waals surface area contributed by atoms with Gasteiger partial charge in [-0.3, -0.25) is 0 Å². The Labute approximate surface area is 78.6 Å². The molecular weight excluding hydrogens is 251 g/mol. The summed E-state index contributed by atoms with van der Waals surface area (Å²) < 4.78 is 1.33. The Bertz CT molecular complexity index is 229. The van der Waals surface area contributed by atoms with Crippen molar-refractivity contribution in [2.24, 2.45) is 0 Å². The first-order chi connectivity index (χ1) is 4.63. The first-order valence-corrected chi connectivity index (χ1v) is 4.68. The third kappa shape index (κ3) is 1.42. The van der Waals surface area contributed by atoms with Gasteiger partial charge in [0.1, 0.15) is 0 Å². The summed E-state index contributed by atoms with van der Waals surface area (Å²) in [5.74, 6) is 0. The molecule has 0 aliphatic heterocycles. The monoisotopic (exact) mass is 259 g/mol. The van der Waals surface area contributed by atoms with Crippen LogP contribution in [0.4, 0.5) is 0 Å². The van der Waals surface area contributed by atoms with Crippen LogP contribution in [-0.4, -0.2) is 10.2 Å². The molecule has 0 atom stereocenters. The van der Waals surface area contributed by atoms with Gasteiger partial charge in [0.15, 0.2) is 0 Å². The summed E-state index contributed by atoms with van der Waals surface area (Å²) in [6.07, 6.45) is 0. The van der Waals surface area contributed by atoms with Crippen LogP contribution in [0.15, 0.2) is 12.1 Å². The molecule has 0 spiro atoms. The molecule has 0 bridgehead atoms. The largest absolute Gasteiger partial charge is 0.0715 e. The fourth-order valence-electron chi connectivity index (χ4n) is 0.788. The van der Waals surface area contributed by atoms with Crippen molar-refractivity contribution in [3.8, 4) is 0 Å². The summed E-state index contributed by atoms with van der Waals surface area (Å²) in [5.41, 5.74) is 2.71. The highest BCUT2D eigenvalue weighted by Gasteiger charge is 1.98. The van der Waals surface area contributed by atoms with Gasteiger partial charge in [-0.2, -0.15) is 0 Å². The lowest BCUT2D eigenvalue weighted by molar-refractivity contribution is 1.34. The van der Waals surface area contributed by atoms with Gasteiger partial charge in [0.2, 0.25) is 0 Å². The first-order valence-electron chi connectivity index (χ1n) is 3.10. The zero-order valence-electron chi connectivity index (χ0n) is 6.03. The highest BCUT2D eigenvalue weighted by atomic mass is 127. The van der Waals surface area contributed by atoms with Crippen LogP contribution in [0.25, 0.3) is 0 Å². The second-order valence-corrected chi connectivity index (χ2v) is 4.05. The number of rotatable bonds is 0. The molecule has 0 heterocycles. The van der Waals surface area contributed by atoms with E-state index in [1.54, 1.807) is 0 Å². The van der Waals surface area contributed by atoms with Crippen LogP contribution in [0.2, 0.25) is 0 Å². The predicted octanol–water partition coefficient (Wildman–Crippen LogP) is 1.70. The van der Waals surface area contributed by atoms with Crippen LogP contribution in [0, 0.1) is 17.4 Å². The van der Waals surface area contributed by atoms with Crippen LogP contribution < -0.4 is 5.19 Å². The van der Waals surface area contributed by atoms with E-state index in [2.05, 4.69) is 58.8 Å². The normalized spacial score (nSPS) is 10.0. The van der Waals surface area contributed by atoms with E-state index in [9.17, 15) is 0 Å². The Morgan fingerprint density at radius 1 is 1.20 bits per heavy atom. The van der Waals surface area contributed by atoms with Crippen molar-refractivity contribution in [1.82, 2.24) is 0 Å². The van der Waals surface area contributed by atoms with Gasteiger partial charge in [-0.15, -0.1) is 0 Å². The molecule has 0 nitrogen and oxygen atoms in total. The van der Waals surface area contributed by atoms with Crippen LogP contribution in [0.5, 0.6) is 0 Å². The van der Waals surface area contributed by atoms with Crippen LogP contribution >= 0.6 is 22.6 Å². The van der Waals surface area contributed by atoms with E-state index in [-0.39, 0.29) is 0 Å². The summed E-state index contributed by atoms with van der Waals surface area (Å²) in [4.78, 5) is 0. The average molecular weight is 259 g/mol. The molecule has 3 radical (unpaired) electrons. The predicted molar refractivity (Wildman–Crippen MR) is 54.0 cm³/mol. The van der Waals surface area contributed by atoms with Crippen molar-refractivity contribution in [3.63, 3.8) is 0 Å². The van der Waals surface area contributed by atoms with Gasteiger partial charge in [-0.1, -0.05) is 11.3 Å². The molecule has 1 rings (SSSR count). The molecule has 0 amide bonds. The maximum Gasteiger partial charge on any atom is 0.0715 e. The van der Waals surface area contributed by atoms with Gasteiger partial charge < -0.3 is 0 Å². The fraction of sp³-hybridized carbons (Fsp3) is 0.250. The molecule has 0 fully saturated rings. The lowest BCUT2D eigenvalue weighted by Crippen LogP contribution is -2.08. The molecule has 0 aliphatic rings. The topological polar surface area (TPSA) is 0 Å². The standard InChI is InChI=1S/C8H8ISi/c1-5-6(2)8(10)4-3-7(5)9/h3-4H,1-2H3. The van der Waals surface area contributed by atoms with E-state index >= 15 is 0 Å². The van der Waals surface area contributed by atoms with E-state index in [4.69, 9.17) is 0 Å². The van der Waals surface area contributed by atoms with Crippen molar-refractivity contribution in [1.29, 1.82) is 0 Å². The van der Waals surface area contributed by atoms with Crippen molar-refractivity contribution < 1.29 is 0 Å². The Kier molecular flexibility index (Phi) is 2.52. The molecule has 2 heteroatoms. The van der Waals surface area contributed by atoms with Gasteiger partial charge in [0.05, 0.1) is 10.2 Å². The minimum absolute atomic E-state index is 1.19. The molecule has 51 valence electrons.